The average molecular weight is 189 g/mol. The minimum atomic E-state index is 0.762. The number of nitrogens with two attached hydrogens (primary N) is 1. The number of anilines is 1. The SMILES string of the molecule is COc1cc(NN)c2ncccc2c1. The molecule has 0 aliphatic rings. The summed E-state index contributed by atoms with van der Waals surface area (Å²) in [5, 5.41) is 1.000. The van der Waals surface area contributed by atoms with Crippen molar-refractivity contribution in [3.8, 4) is 5.75 Å². The van der Waals surface area contributed by atoms with E-state index in [0.29, 0.717) is 0 Å². The first-order valence-corrected chi connectivity index (χ1v) is 4.24. The Balaban J connectivity index is 2.73. The first kappa shape index (κ1) is 8.77. The van der Waals surface area contributed by atoms with E-state index in [1.165, 1.54) is 0 Å². The molecule has 2 aromatic rings. The van der Waals surface area contributed by atoms with Gasteiger partial charge >= 0.3 is 0 Å². The highest BCUT2D eigenvalue weighted by Crippen LogP contribution is 2.26. The summed E-state index contributed by atoms with van der Waals surface area (Å²) in [7, 11) is 1.62. The Hall–Kier alpha value is -1.81. The van der Waals surface area contributed by atoms with Crippen molar-refractivity contribution in [1.82, 2.24) is 4.98 Å². The van der Waals surface area contributed by atoms with Crippen LogP contribution in [0.15, 0.2) is 30.5 Å². The van der Waals surface area contributed by atoms with E-state index < -0.39 is 0 Å². The Morgan fingerprint density at radius 1 is 1.43 bits per heavy atom. The third-order valence-electron chi connectivity index (χ3n) is 2.07. The molecule has 0 saturated carbocycles. The molecule has 0 saturated heterocycles. The van der Waals surface area contributed by atoms with Crippen molar-refractivity contribution in [2.75, 3.05) is 12.5 Å². The number of hydrogen-bond acceptors (Lipinski definition) is 4. The van der Waals surface area contributed by atoms with Crippen molar-refractivity contribution in [3.05, 3.63) is 30.5 Å². The first-order valence-electron chi connectivity index (χ1n) is 4.24. The highest BCUT2D eigenvalue weighted by atomic mass is 16.5. The summed E-state index contributed by atoms with van der Waals surface area (Å²) in [6.45, 7) is 0. The average Bonchev–Trinajstić information content (AvgIpc) is 2.27. The number of nitrogen functional groups attached to an aromatic ring is 1. The minimum absolute atomic E-state index is 0.762. The number of rotatable bonds is 2. The van der Waals surface area contributed by atoms with Gasteiger partial charge in [0, 0.05) is 17.6 Å². The molecule has 3 N–H and O–H groups in total. The number of nitrogens with one attached hydrogen (secondary N) is 1. The maximum atomic E-state index is 5.39. The topological polar surface area (TPSA) is 60.2 Å². The maximum absolute atomic E-state index is 5.39. The van der Waals surface area contributed by atoms with Crippen molar-refractivity contribution in [1.29, 1.82) is 0 Å². The van der Waals surface area contributed by atoms with Gasteiger partial charge in [0.05, 0.1) is 18.3 Å². The minimum Gasteiger partial charge on any atom is -0.497 e. The number of fused-ring (bicyclic) bond motifs is 1. The van der Waals surface area contributed by atoms with Crippen LogP contribution in [0.1, 0.15) is 0 Å². The van der Waals surface area contributed by atoms with Crippen molar-refractivity contribution in [3.63, 3.8) is 0 Å². The Kier molecular flexibility index (Phi) is 2.20. The molecule has 1 heterocycles. The lowest BCUT2D eigenvalue weighted by atomic mass is 10.2. The zero-order chi connectivity index (χ0) is 9.97. The van der Waals surface area contributed by atoms with Gasteiger partial charge in [-0.1, -0.05) is 6.07 Å². The Morgan fingerprint density at radius 3 is 3.00 bits per heavy atom. The quantitative estimate of drug-likeness (QED) is 0.555. The molecule has 0 fully saturated rings. The van der Waals surface area contributed by atoms with Crippen molar-refractivity contribution in [2.45, 2.75) is 0 Å². The highest BCUT2D eigenvalue weighted by molar-refractivity contribution is 5.91. The van der Waals surface area contributed by atoms with Crippen LogP contribution >= 0.6 is 0 Å². The molecule has 72 valence electrons. The second kappa shape index (κ2) is 3.51. The van der Waals surface area contributed by atoms with Crippen molar-refractivity contribution >= 4 is 16.6 Å². The van der Waals surface area contributed by atoms with Gasteiger partial charge in [0.15, 0.2) is 0 Å². The Morgan fingerprint density at radius 2 is 2.29 bits per heavy atom. The lowest BCUT2D eigenvalue weighted by molar-refractivity contribution is 0.415. The van der Waals surface area contributed by atoms with Crippen molar-refractivity contribution < 1.29 is 4.74 Å². The van der Waals surface area contributed by atoms with Crippen LogP contribution < -0.4 is 16.0 Å². The summed E-state index contributed by atoms with van der Waals surface area (Å²) in [4.78, 5) is 4.23. The number of hydrogen-bond donors (Lipinski definition) is 2. The van der Waals surface area contributed by atoms with Gasteiger partial charge in [-0.2, -0.15) is 0 Å². The molecule has 4 heteroatoms. The van der Waals surface area contributed by atoms with Gasteiger partial charge in [0.2, 0.25) is 0 Å². The van der Waals surface area contributed by atoms with Crippen molar-refractivity contribution in [2.24, 2.45) is 5.84 Å². The third-order valence-corrected chi connectivity index (χ3v) is 2.07. The molecule has 1 aromatic heterocycles. The predicted molar refractivity (Wildman–Crippen MR) is 56.1 cm³/mol. The van der Waals surface area contributed by atoms with Gasteiger partial charge in [-0.25, -0.2) is 0 Å². The van der Waals surface area contributed by atoms with Gasteiger partial charge in [-0.15, -0.1) is 0 Å². The third kappa shape index (κ3) is 1.36. The van der Waals surface area contributed by atoms with E-state index in [4.69, 9.17) is 10.6 Å². The molecule has 0 bridgehead atoms. The molecule has 0 atom stereocenters. The second-order valence-electron chi connectivity index (χ2n) is 2.89. The number of nitrogens with zero attached hydrogens (tertiary/aromatic N) is 1. The van der Waals surface area contributed by atoms with Gasteiger partial charge in [-0.05, 0) is 12.1 Å². The van der Waals surface area contributed by atoms with Crippen LogP contribution in [-0.4, -0.2) is 12.1 Å². The lowest BCUT2D eigenvalue weighted by Gasteiger charge is -2.07. The second-order valence-corrected chi connectivity index (χ2v) is 2.89. The van der Waals surface area contributed by atoms with Crippen LogP contribution in [-0.2, 0) is 0 Å². The van der Waals surface area contributed by atoms with E-state index in [1.807, 2.05) is 24.3 Å². The summed E-state index contributed by atoms with van der Waals surface area (Å²) < 4.78 is 5.14. The Bertz CT molecular complexity index is 456. The predicted octanol–water partition coefficient (Wildman–Crippen LogP) is 1.53. The molecule has 0 aliphatic carbocycles. The molecular weight excluding hydrogens is 178 g/mol. The lowest BCUT2D eigenvalue weighted by Crippen LogP contribution is -2.07. The van der Waals surface area contributed by atoms with Crippen LogP contribution in [0.3, 0.4) is 0 Å². The molecule has 0 radical (unpaired) electrons. The number of pyridine rings is 1. The van der Waals surface area contributed by atoms with Gasteiger partial charge in [0.1, 0.15) is 5.75 Å². The van der Waals surface area contributed by atoms with Gasteiger partial charge < -0.3 is 10.2 Å². The number of hydrazine groups is 1. The van der Waals surface area contributed by atoms with Crippen LogP contribution in [0, 0.1) is 0 Å². The highest BCUT2D eigenvalue weighted by Gasteiger charge is 2.03. The van der Waals surface area contributed by atoms with E-state index in [0.717, 1.165) is 22.3 Å². The fourth-order valence-electron chi connectivity index (χ4n) is 1.39. The molecule has 0 spiro atoms. The molecule has 2 rings (SSSR count). The molecule has 14 heavy (non-hydrogen) atoms. The van der Waals surface area contributed by atoms with Crippen LogP contribution in [0.2, 0.25) is 0 Å². The molecule has 0 aliphatic heterocycles. The number of benzene rings is 1. The van der Waals surface area contributed by atoms with E-state index in [-0.39, 0.29) is 0 Å². The van der Waals surface area contributed by atoms with E-state index >= 15 is 0 Å². The molecule has 0 unspecified atom stereocenters. The molecule has 4 nitrogen and oxygen atoms in total. The molecule has 0 amide bonds. The van der Waals surface area contributed by atoms with Crippen LogP contribution in [0.25, 0.3) is 10.9 Å². The zero-order valence-corrected chi connectivity index (χ0v) is 7.82. The number of ether oxygens (including phenoxy) is 1. The Labute approximate surface area is 81.7 Å². The van der Waals surface area contributed by atoms with Gasteiger partial charge in [-0.3, -0.25) is 10.8 Å². The summed E-state index contributed by atoms with van der Waals surface area (Å²) >= 11 is 0. The largest absolute Gasteiger partial charge is 0.497 e. The molecular formula is C10H11N3O. The van der Waals surface area contributed by atoms with E-state index in [1.54, 1.807) is 13.3 Å². The standard InChI is InChI=1S/C10H11N3O/c1-14-8-5-7-3-2-4-12-10(7)9(6-8)13-11/h2-6,13H,11H2,1H3. The normalized spacial score (nSPS) is 10.1. The molecule has 1 aromatic carbocycles. The zero-order valence-electron chi connectivity index (χ0n) is 7.82. The number of aromatic nitrogens is 1. The maximum Gasteiger partial charge on any atom is 0.121 e. The fraction of sp³-hybridized carbons (Fsp3) is 0.100. The fourth-order valence-corrected chi connectivity index (χ4v) is 1.39. The smallest absolute Gasteiger partial charge is 0.121 e. The summed E-state index contributed by atoms with van der Waals surface area (Å²) in [6, 6.07) is 7.58. The summed E-state index contributed by atoms with van der Waals surface area (Å²) in [5.41, 5.74) is 4.21. The van der Waals surface area contributed by atoms with Crippen LogP contribution in [0.5, 0.6) is 5.75 Å². The van der Waals surface area contributed by atoms with E-state index in [9.17, 15) is 0 Å². The first-order chi connectivity index (χ1) is 6.85. The summed E-state index contributed by atoms with van der Waals surface area (Å²) in [5.74, 6) is 6.16. The van der Waals surface area contributed by atoms with E-state index in [2.05, 4.69) is 10.4 Å². The van der Waals surface area contributed by atoms with Crippen LogP contribution in [0.4, 0.5) is 5.69 Å². The monoisotopic (exact) mass is 189 g/mol. The van der Waals surface area contributed by atoms with Gasteiger partial charge in [0.25, 0.3) is 0 Å². The summed E-state index contributed by atoms with van der Waals surface area (Å²) in [6.07, 6.45) is 1.73. The number of methoxy groups -OCH3 is 1.